The topological polar surface area (TPSA) is 74.0 Å². The van der Waals surface area contributed by atoms with Crippen LogP contribution in [0.15, 0.2) is 18.2 Å². The van der Waals surface area contributed by atoms with Crippen LogP contribution in [0.2, 0.25) is 0 Å². The van der Waals surface area contributed by atoms with Gasteiger partial charge in [0.25, 0.3) is 0 Å². The SMILES string of the molecule is CCN(c1ccc(C2(CC(=O)OC)CCOCC2)cc1N)C1CCOCC1. The van der Waals surface area contributed by atoms with Crippen molar-refractivity contribution in [3.63, 3.8) is 0 Å². The Balaban J connectivity index is 1.88. The molecule has 1 aromatic rings. The van der Waals surface area contributed by atoms with E-state index < -0.39 is 0 Å². The number of nitrogens with two attached hydrogens (primary N) is 1. The number of esters is 1. The number of carbonyl (C=O) groups is 1. The van der Waals surface area contributed by atoms with Gasteiger partial charge in [-0.3, -0.25) is 4.79 Å². The Morgan fingerprint density at radius 2 is 1.89 bits per heavy atom. The second kappa shape index (κ2) is 8.93. The molecular formula is C21H32N2O4. The molecule has 2 aliphatic heterocycles. The molecule has 0 atom stereocenters. The molecule has 2 saturated heterocycles. The Morgan fingerprint density at radius 1 is 1.22 bits per heavy atom. The van der Waals surface area contributed by atoms with Crippen LogP contribution in [0.3, 0.4) is 0 Å². The van der Waals surface area contributed by atoms with Gasteiger partial charge in [0.15, 0.2) is 0 Å². The van der Waals surface area contributed by atoms with E-state index in [0.29, 0.717) is 25.7 Å². The van der Waals surface area contributed by atoms with Crippen molar-refractivity contribution in [2.24, 2.45) is 0 Å². The summed E-state index contributed by atoms with van der Waals surface area (Å²) in [6.07, 6.45) is 4.02. The quantitative estimate of drug-likeness (QED) is 0.608. The summed E-state index contributed by atoms with van der Waals surface area (Å²) in [6.45, 7) is 6.00. The summed E-state index contributed by atoms with van der Waals surface area (Å²) in [6, 6.07) is 6.79. The summed E-state index contributed by atoms with van der Waals surface area (Å²) in [5.74, 6) is -0.183. The molecule has 150 valence electrons. The van der Waals surface area contributed by atoms with Crippen molar-refractivity contribution in [2.45, 2.75) is 50.5 Å². The largest absolute Gasteiger partial charge is 0.469 e. The predicted molar refractivity (Wildman–Crippen MR) is 106 cm³/mol. The summed E-state index contributed by atoms with van der Waals surface area (Å²) < 4.78 is 16.0. The van der Waals surface area contributed by atoms with Crippen LogP contribution < -0.4 is 10.6 Å². The Kier molecular flexibility index (Phi) is 6.60. The van der Waals surface area contributed by atoms with Crippen LogP contribution in [0.1, 0.15) is 44.6 Å². The number of rotatable bonds is 6. The molecule has 6 heteroatoms. The molecule has 27 heavy (non-hydrogen) atoms. The maximum absolute atomic E-state index is 12.1. The van der Waals surface area contributed by atoms with Gasteiger partial charge in [-0.15, -0.1) is 0 Å². The van der Waals surface area contributed by atoms with Crippen molar-refractivity contribution in [3.8, 4) is 0 Å². The van der Waals surface area contributed by atoms with Crippen LogP contribution in [0.5, 0.6) is 0 Å². The average molecular weight is 376 g/mol. The first-order valence-electron chi connectivity index (χ1n) is 9.98. The van der Waals surface area contributed by atoms with Crippen LogP contribution in [0.25, 0.3) is 0 Å². The number of methoxy groups -OCH3 is 1. The maximum atomic E-state index is 12.1. The zero-order valence-electron chi connectivity index (χ0n) is 16.5. The van der Waals surface area contributed by atoms with Crippen molar-refractivity contribution in [3.05, 3.63) is 23.8 Å². The number of nitrogens with zero attached hydrogens (tertiary/aromatic N) is 1. The van der Waals surface area contributed by atoms with Gasteiger partial charge in [-0.25, -0.2) is 0 Å². The third kappa shape index (κ3) is 4.38. The Morgan fingerprint density at radius 3 is 2.48 bits per heavy atom. The highest BCUT2D eigenvalue weighted by Gasteiger charge is 2.37. The van der Waals surface area contributed by atoms with E-state index in [4.69, 9.17) is 19.9 Å². The molecule has 6 nitrogen and oxygen atoms in total. The number of hydrogen-bond donors (Lipinski definition) is 1. The predicted octanol–water partition coefficient (Wildman–Crippen LogP) is 2.89. The number of hydrogen-bond acceptors (Lipinski definition) is 6. The Bertz CT molecular complexity index is 637. The van der Waals surface area contributed by atoms with Crippen molar-refractivity contribution in [1.82, 2.24) is 0 Å². The highest BCUT2D eigenvalue weighted by Crippen LogP contribution is 2.41. The lowest BCUT2D eigenvalue weighted by Gasteiger charge is -2.39. The minimum absolute atomic E-state index is 0.183. The average Bonchev–Trinajstić information content (AvgIpc) is 2.71. The molecule has 0 unspecified atom stereocenters. The van der Waals surface area contributed by atoms with E-state index in [1.54, 1.807) is 0 Å². The number of anilines is 2. The smallest absolute Gasteiger partial charge is 0.306 e. The molecule has 1 aromatic carbocycles. The van der Waals surface area contributed by atoms with Crippen LogP contribution in [-0.4, -0.2) is 52.1 Å². The van der Waals surface area contributed by atoms with Crippen LogP contribution in [0, 0.1) is 0 Å². The number of nitrogen functional groups attached to an aromatic ring is 1. The van der Waals surface area contributed by atoms with Crippen molar-refractivity contribution < 1.29 is 19.0 Å². The van der Waals surface area contributed by atoms with Crippen LogP contribution in [-0.2, 0) is 24.4 Å². The Hall–Kier alpha value is -1.79. The summed E-state index contributed by atoms with van der Waals surface area (Å²) in [5, 5.41) is 0. The third-order valence-corrected chi connectivity index (χ3v) is 6.08. The Labute approximate surface area is 161 Å². The molecule has 2 aliphatic rings. The fourth-order valence-corrected chi connectivity index (χ4v) is 4.45. The monoisotopic (exact) mass is 376 g/mol. The molecule has 0 spiro atoms. The van der Waals surface area contributed by atoms with Crippen molar-refractivity contribution >= 4 is 17.3 Å². The minimum atomic E-state index is -0.256. The standard InChI is InChI=1S/C21H32N2O4/c1-3-23(17-6-10-26-11-7-17)19-5-4-16(14-18(19)22)21(15-20(24)25-2)8-12-27-13-9-21/h4-5,14,17H,3,6-13,15,22H2,1-2H3. The first kappa shape index (κ1) is 20.0. The molecule has 0 radical (unpaired) electrons. The molecule has 0 aromatic heterocycles. The molecule has 2 heterocycles. The highest BCUT2D eigenvalue weighted by molar-refractivity contribution is 5.73. The van der Waals surface area contributed by atoms with Crippen LogP contribution in [0.4, 0.5) is 11.4 Å². The van der Waals surface area contributed by atoms with Gasteiger partial charge in [0.1, 0.15) is 0 Å². The van der Waals surface area contributed by atoms with Gasteiger partial charge in [0.05, 0.1) is 24.9 Å². The lowest BCUT2D eigenvalue weighted by molar-refractivity contribution is -0.143. The molecule has 0 amide bonds. The molecule has 0 bridgehead atoms. The van der Waals surface area contributed by atoms with E-state index in [0.717, 1.165) is 62.4 Å². The van der Waals surface area contributed by atoms with Crippen molar-refractivity contribution in [1.29, 1.82) is 0 Å². The van der Waals surface area contributed by atoms with E-state index in [2.05, 4.69) is 30.0 Å². The second-order valence-corrected chi connectivity index (χ2v) is 7.55. The first-order chi connectivity index (χ1) is 13.1. The molecule has 2 N–H and O–H groups in total. The van der Waals surface area contributed by atoms with Gasteiger partial charge in [0.2, 0.25) is 0 Å². The molecular weight excluding hydrogens is 344 g/mol. The highest BCUT2D eigenvalue weighted by atomic mass is 16.5. The van der Waals surface area contributed by atoms with Gasteiger partial charge in [-0.1, -0.05) is 6.07 Å². The van der Waals surface area contributed by atoms with Gasteiger partial charge in [-0.2, -0.15) is 0 Å². The van der Waals surface area contributed by atoms with Gasteiger partial charge >= 0.3 is 5.97 Å². The fourth-order valence-electron chi connectivity index (χ4n) is 4.45. The second-order valence-electron chi connectivity index (χ2n) is 7.55. The third-order valence-electron chi connectivity index (χ3n) is 6.08. The van der Waals surface area contributed by atoms with E-state index in [9.17, 15) is 4.79 Å². The molecule has 0 saturated carbocycles. The number of benzene rings is 1. The van der Waals surface area contributed by atoms with Gasteiger partial charge in [-0.05, 0) is 50.3 Å². The van der Waals surface area contributed by atoms with Crippen LogP contribution >= 0.6 is 0 Å². The minimum Gasteiger partial charge on any atom is -0.469 e. The maximum Gasteiger partial charge on any atom is 0.306 e. The van der Waals surface area contributed by atoms with E-state index in [-0.39, 0.29) is 11.4 Å². The van der Waals surface area contributed by atoms with Gasteiger partial charge < -0.3 is 24.8 Å². The van der Waals surface area contributed by atoms with E-state index in [1.165, 1.54) is 7.11 Å². The molecule has 0 aliphatic carbocycles. The summed E-state index contributed by atoms with van der Waals surface area (Å²) in [5.41, 5.74) is 9.22. The lowest BCUT2D eigenvalue weighted by Crippen LogP contribution is -2.40. The zero-order chi connectivity index (χ0) is 19.3. The normalized spacial score (nSPS) is 20.2. The number of carbonyl (C=O) groups excluding carboxylic acids is 1. The van der Waals surface area contributed by atoms with E-state index in [1.807, 2.05) is 0 Å². The lowest BCUT2D eigenvalue weighted by atomic mass is 9.71. The first-order valence-corrected chi connectivity index (χ1v) is 9.98. The molecule has 3 rings (SSSR count). The van der Waals surface area contributed by atoms with Crippen molar-refractivity contribution in [2.75, 3.05) is 50.7 Å². The summed E-state index contributed by atoms with van der Waals surface area (Å²) in [4.78, 5) is 14.4. The van der Waals surface area contributed by atoms with Gasteiger partial charge in [0, 0.05) is 44.4 Å². The molecule has 2 fully saturated rings. The summed E-state index contributed by atoms with van der Waals surface area (Å²) in [7, 11) is 1.44. The van der Waals surface area contributed by atoms with E-state index >= 15 is 0 Å². The summed E-state index contributed by atoms with van der Waals surface area (Å²) >= 11 is 0. The fraction of sp³-hybridized carbons (Fsp3) is 0.667. The number of ether oxygens (including phenoxy) is 3. The zero-order valence-corrected chi connectivity index (χ0v) is 16.5.